The van der Waals surface area contributed by atoms with Crippen LogP contribution in [0.2, 0.25) is 0 Å². The number of carbonyl (C=O) groups is 1. The summed E-state index contributed by atoms with van der Waals surface area (Å²) in [6.07, 6.45) is -9.20. The number of aliphatic hydroxyl groups is 1. The zero-order valence-corrected chi connectivity index (χ0v) is 13.6. The molecule has 0 aliphatic heterocycles. The first-order valence-corrected chi connectivity index (χ1v) is 7.13. The molecule has 7 heteroatoms. The van der Waals surface area contributed by atoms with Gasteiger partial charge in [-0.3, -0.25) is 9.79 Å². The molecule has 0 bridgehead atoms. The van der Waals surface area contributed by atoms with E-state index in [4.69, 9.17) is 15.3 Å². The van der Waals surface area contributed by atoms with Crippen LogP contribution in [0.3, 0.4) is 0 Å². The molecule has 0 aromatic carbocycles. The van der Waals surface area contributed by atoms with E-state index >= 15 is 0 Å². The van der Waals surface area contributed by atoms with E-state index in [2.05, 4.69) is 20.3 Å². The van der Waals surface area contributed by atoms with Gasteiger partial charge in [-0.25, -0.2) is 4.98 Å². The van der Waals surface area contributed by atoms with Gasteiger partial charge >= 0.3 is 0 Å². The first kappa shape index (κ1) is 10.1. The van der Waals surface area contributed by atoms with Crippen molar-refractivity contribution in [2.24, 2.45) is 16.6 Å². The summed E-state index contributed by atoms with van der Waals surface area (Å²) in [6.45, 7) is 6.51. The largest absolute Gasteiger partial charge is 0.393 e. The highest BCUT2D eigenvalue weighted by Gasteiger charge is 2.26. The quantitative estimate of drug-likeness (QED) is 0.666. The molecule has 5 N–H and O–H groups in total. The Labute approximate surface area is 146 Å². The minimum absolute atomic E-state index is 0.00828. The lowest BCUT2D eigenvalue weighted by atomic mass is 9.85. The third-order valence-corrected chi connectivity index (χ3v) is 2.96. The van der Waals surface area contributed by atoms with Gasteiger partial charge < -0.3 is 21.1 Å². The number of aromatic amines is 1. The number of nitrogens with two attached hydrogens (primary N) is 1. The summed E-state index contributed by atoms with van der Waals surface area (Å²) in [5.74, 6) is -3.19. The number of nitrogens with one attached hydrogen (secondary N) is 2. The number of H-pyrrole nitrogens is 1. The first-order valence-electron chi connectivity index (χ1n) is 10.8. The van der Waals surface area contributed by atoms with E-state index in [1.165, 1.54) is 0 Å². The lowest BCUT2D eigenvalue weighted by Crippen LogP contribution is -2.34. The highest BCUT2D eigenvalue weighted by molar-refractivity contribution is 5.92. The number of aliphatic hydroxyl groups excluding tert-OH is 1. The predicted octanol–water partition coefficient (Wildman–Crippen LogP) is 1.17. The van der Waals surface area contributed by atoms with Gasteiger partial charge in [0.05, 0.1) is 20.4 Å². The molecule has 1 aromatic heterocycles. The molecule has 0 radical (unpaired) electrons. The van der Waals surface area contributed by atoms with E-state index in [0.717, 1.165) is 6.92 Å². The van der Waals surface area contributed by atoms with E-state index in [1.807, 2.05) is 0 Å². The van der Waals surface area contributed by atoms with Crippen molar-refractivity contribution in [3.8, 4) is 0 Å². The van der Waals surface area contributed by atoms with Crippen LogP contribution in [0.25, 0.3) is 0 Å². The van der Waals surface area contributed by atoms with Crippen molar-refractivity contribution in [2.45, 2.75) is 64.5 Å². The number of hydrogen-bond acceptors (Lipinski definition) is 5. The van der Waals surface area contributed by atoms with E-state index < -0.39 is 65.9 Å². The standard InChI is InChI=1S/C16H27N5O2/c1-9-5-6-10(7-12(9)22)19-14-11(13(17)23)8-18-15(20-14)21-16(2,3)4/h8-10,12,22H,5-7H2,1-4H3,(H2,17,23)(H2,18,19,20,21)/i5D,6D2,7D,8D,9D,10D. The van der Waals surface area contributed by atoms with Crippen LogP contribution < -0.4 is 16.5 Å². The second-order valence-corrected chi connectivity index (χ2v) is 6.30. The van der Waals surface area contributed by atoms with E-state index in [9.17, 15) is 9.90 Å². The molecule has 5 atom stereocenters. The fourth-order valence-corrected chi connectivity index (χ4v) is 1.83. The molecule has 1 saturated carbocycles. The molecule has 1 fully saturated rings. The van der Waals surface area contributed by atoms with Crippen LogP contribution in [-0.4, -0.2) is 38.6 Å². The van der Waals surface area contributed by atoms with Crippen LogP contribution >= 0.6 is 0 Å². The first-order chi connectivity index (χ1) is 13.4. The summed E-state index contributed by atoms with van der Waals surface area (Å²) in [6, 6.07) is -2.78. The summed E-state index contributed by atoms with van der Waals surface area (Å²) in [5, 5.41) is 13.3. The Kier molecular flexibility index (Phi) is 2.93. The van der Waals surface area contributed by atoms with Gasteiger partial charge in [-0.2, -0.15) is 0 Å². The van der Waals surface area contributed by atoms with Crippen LogP contribution in [0.1, 0.15) is 66.8 Å². The number of carbonyl (C=O) groups excluding carboxylic acids is 1. The summed E-state index contributed by atoms with van der Waals surface area (Å²) in [7, 11) is 0. The van der Waals surface area contributed by atoms with Gasteiger partial charge in [-0.1, -0.05) is 6.92 Å². The number of anilines is 1. The lowest BCUT2D eigenvalue weighted by molar-refractivity contribution is 0.0704. The SMILES string of the molecule is [2H]c1nc(NC(C)(C)C)[nH]c(=NC2([2H])C([2H])C(O)C([2H])(C)C([2H])C2([2H])[2H])c1C(N)=O. The minimum Gasteiger partial charge on any atom is -0.393 e. The van der Waals surface area contributed by atoms with Gasteiger partial charge in [0.15, 0.2) is 0 Å². The lowest BCUT2D eigenvalue weighted by Gasteiger charge is -2.28. The topological polar surface area (TPSA) is 116 Å². The van der Waals surface area contributed by atoms with E-state index in [1.54, 1.807) is 20.8 Å². The molecule has 1 aromatic rings. The molecule has 128 valence electrons. The van der Waals surface area contributed by atoms with E-state index in [0.29, 0.717) is 0 Å². The molecule has 1 aliphatic carbocycles. The summed E-state index contributed by atoms with van der Waals surface area (Å²) in [4.78, 5) is 22.3. The van der Waals surface area contributed by atoms with E-state index in [-0.39, 0.29) is 5.95 Å². The molecule has 5 unspecified atom stereocenters. The summed E-state index contributed by atoms with van der Waals surface area (Å²) >= 11 is 0. The van der Waals surface area contributed by atoms with Crippen molar-refractivity contribution < 1.29 is 19.5 Å². The zero-order chi connectivity index (χ0) is 23.4. The summed E-state index contributed by atoms with van der Waals surface area (Å²) < 4.78 is 57.6. The van der Waals surface area contributed by atoms with Crippen LogP contribution in [0, 0.1) is 5.89 Å². The van der Waals surface area contributed by atoms with Gasteiger partial charge in [-0.05, 0) is 45.8 Å². The average Bonchev–Trinajstić information content (AvgIpc) is 2.56. The van der Waals surface area contributed by atoms with Crippen LogP contribution in [0.4, 0.5) is 5.95 Å². The molecule has 0 spiro atoms. The van der Waals surface area contributed by atoms with Gasteiger partial charge in [0.1, 0.15) is 5.49 Å². The monoisotopic (exact) mass is 328 g/mol. The number of rotatable bonds is 3. The highest BCUT2D eigenvalue weighted by atomic mass is 16.3. The fourth-order valence-electron chi connectivity index (χ4n) is 1.83. The van der Waals surface area contributed by atoms with Crippen LogP contribution in [0.5, 0.6) is 0 Å². The maximum atomic E-state index is 11.9. The molecular weight excluding hydrogens is 294 g/mol. The molecule has 0 saturated heterocycles. The smallest absolute Gasteiger partial charge is 0.254 e. The Morgan fingerprint density at radius 2 is 2.39 bits per heavy atom. The summed E-state index contributed by atoms with van der Waals surface area (Å²) in [5.41, 5.74) is 3.80. The number of amides is 1. The van der Waals surface area contributed by atoms with Crippen LogP contribution in [0.15, 0.2) is 11.2 Å². The second-order valence-electron chi connectivity index (χ2n) is 6.30. The van der Waals surface area contributed by atoms with Crippen molar-refractivity contribution in [2.75, 3.05) is 5.32 Å². The fraction of sp³-hybridized carbons (Fsp3) is 0.688. The highest BCUT2D eigenvalue weighted by Crippen LogP contribution is 2.25. The number of nitrogens with zero attached hydrogens (tertiary/aromatic N) is 2. The molecule has 1 heterocycles. The van der Waals surface area contributed by atoms with Crippen molar-refractivity contribution in [1.82, 2.24) is 9.97 Å². The maximum Gasteiger partial charge on any atom is 0.254 e. The van der Waals surface area contributed by atoms with Gasteiger partial charge in [0.2, 0.25) is 5.95 Å². The zero-order valence-electron chi connectivity index (χ0n) is 20.6. The number of aromatic nitrogens is 2. The molecule has 2 rings (SSSR count). The average molecular weight is 328 g/mol. The van der Waals surface area contributed by atoms with Gasteiger partial charge in [0, 0.05) is 18.6 Å². The van der Waals surface area contributed by atoms with Crippen molar-refractivity contribution in [1.29, 1.82) is 0 Å². The Hall–Kier alpha value is -1.89. The normalized spacial score (nSPS) is 45.5. The Balaban J connectivity index is 2.83. The Morgan fingerprint density at radius 3 is 3.00 bits per heavy atom. The molecule has 1 aliphatic rings. The van der Waals surface area contributed by atoms with Crippen LogP contribution in [-0.2, 0) is 0 Å². The molecule has 7 nitrogen and oxygen atoms in total. The van der Waals surface area contributed by atoms with Crippen molar-refractivity contribution in [3.05, 3.63) is 17.2 Å². The van der Waals surface area contributed by atoms with Crippen molar-refractivity contribution in [3.63, 3.8) is 0 Å². The van der Waals surface area contributed by atoms with Gasteiger partial charge in [-0.15, -0.1) is 0 Å². The molecular formula is C16H27N5O2. The Morgan fingerprint density at radius 1 is 1.70 bits per heavy atom. The minimum atomic E-state index is -2.86. The predicted molar refractivity (Wildman–Crippen MR) is 88.9 cm³/mol. The van der Waals surface area contributed by atoms with Crippen molar-refractivity contribution >= 4 is 11.9 Å². The number of hydrogen-bond donors (Lipinski definition) is 4. The number of primary amides is 1. The Bertz CT molecular complexity index is 914. The molecule has 23 heavy (non-hydrogen) atoms. The third kappa shape index (κ3) is 4.79. The maximum absolute atomic E-state index is 11.9. The third-order valence-electron chi connectivity index (χ3n) is 2.96. The second kappa shape index (κ2) is 6.70. The molecule has 1 amide bonds. The van der Waals surface area contributed by atoms with Gasteiger partial charge in [0.25, 0.3) is 5.91 Å².